The van der Waals surface area contributed by atoms with Gasteiger partial charge in [0.05, 0.1) is 11.8 Å². The van der Waals surface area contributed by atoms with Crippen LogP contribution in [-0.2, 0) is 16.7 Å². The number of aromatic carboxylic acids is 1. The first kappa shape index (κ1) is 29.9. The van der Waals surface area contributed by atoms with Crippen LogP contribution in [0.1, 0.15) is 45.7 Å². The van der Waals surface area contributed by atoms with E-state index in [0.717, 1.165) is 11.3 Å². The molecule has 0 atom stereocenters. The van der Waals surface area contributed by atoms with Crippen molar-refractivity contribution in [2.45, 2.75) is 20.4 Å². The fourth-order valence-electron chi connectivity index (χ4n) is 3.28. The van der Waals surface area contributed by atoms with Crippen LogP contribution in [0.3, 0.4) is 0 Å². The molecule has 0 spiro atoms. The van der Waals surface area contributed by atoms with Gasteiger partial charge >= 0.3 is 5.97 Å². The molecule has 3 rings (SSSR count). The van der Waals surface area contributed by atoms with E-state index in [4.69, 9.17) is 15.7 Å². The highest BCUT2D eigenvalue weighted by molar-refractivity contribution is 7.85. The number of anilines is 1. The van der Waals surface area contributed by atoms with Crippen LogP contribution in [0.2, 0.25) is 0 Å². The minimum atomic E-state index is -3.67. The second kappa shape index (κ2) is 13.3. The van der Waals surface area contributed by atoms with Gasteiger partial charge in [0.15, 0.2) is 0 Å². The van der Waals surface area contributed by atoms with Crippen molar-refractivity contribution in [1.82, 2.24) is 10.3 Å². The zero-order valence-electron chi connectivity index (χ0n) is 21.2. The largest absolute Gasteiger partial charge is 0.478 e. The van der Waals surface area contributed by atoms with Gasteiger partial charge in [0, 0.05) is 47.9 Å². The molecule has 0 saturated carbocycles. The lowest BCUT2D eigenvalue weighted by Crippen LogP contribution is -2.27. The van der Waals surface area contributed by atoms with Crippen LogP contribution in [0, 0.1) is 11.3 Å². The van der Waals surface area contributed by atoms with Crippen LogP contribution in [0.5, 0.6) is 0 Å². The normalized spacial score (nSPS) is 10.8. The average molecular weight is 542 g/mol. The molecule has 11 nitrogen and oxygen atoms in total. The molecule has 0 radical (unpaired) electrons. The molecule has 0 unspecified atom stereocenters. The van der Waals surface area contributed by atoms with E-state index in [9.17, 15) is 23.1 Å². The standard InChI is InChI=1S/C25H27N5O3.CH4O3S/c1-15(2)12-30-24(31)17-5-8-20(21(11-17)25(32)33)22-14-28-10-9-18(22)13-29-19-6-3-16(4-7-19)23(26)27;1-5(2,3)4/h3-11,14-15,29H,12-13H2,1-2H3,(H3,26,27)(H,30,31)(H,32,33);1H3,(H,2,3,4). The molecule has 1 heterocycles. The van der Waals surface area contributed by atoms with Crippen LogP contribution in [-0.4, -0.2) is 53.6 Å². The quantitative estimate of drug-likeness (QED) is 0.134. The van der Waals surface area contributed by atoms with Crippen molar-refractivity contribution in [3.8, 4) is 11.1 Å². The summed E-state index contributed by atoms with van der Waals surface area (Å²) in [5, 5.41) is 23.4. The fraction of sp³-hybridized carbons (Fsp3) is 0.231. The molecular formula is C26H31N5O6S. The van der Waals surface area contributed by atoms with Gasteiger partial charge in [0.1, 0.15) is 5.84 Å². The Kier molecular flexibility index (Phi) is 10.5. The van der Waals surface area contributed by atoms with Crippen molar-refractivity contribution in [3.63, 3.8) is 0 Å². The zero-order chi connectivity index (χ0) is 28.5. The Bertz CT molecular complexity index is 1400. The summed E-state index contributed by atoms with van der Waals surface area (Å²) in [5.41, 5.74) is 9.29. The molecule has 202 valence electrons. The maximum Gasteiger partial charge on any atom is 0.336 e. The van der Waals surface area contributed by atoms with E-state index in [0.29, 0.717) is 41.6 Å². The lowest BCUT2D eigenvalue weighted by molar-refractivity contribution is 0.0697. The smallest absolute Gasteiger partial charge is 0.336 e. The number of carboxylic acid groups (broad SMARTS) is 1. The Morgan fingerprint density at radius 1 is 1.05 bits per heavy atom. The van der Waals surface area contributed by atoms with Crippen LogP contribution in [0.4, 0.5) is 5.69 Å². The fourth-order valence-corrected chi connectivity index (χ4v) is 3.28. The Balaban J connectivity index is 0.000000926. The first-order valence-electron chi connectivity index (χ1n) is 11.5. The SMILES string of the molecule is CC(C)CNC(=O)c1ccc(-c2cnccc2CNc2ccc(C(=N)N)cc2)c(C(=O)O)c1.CS(=O)(=O)O. The van der Waals surface area contributed by atoms with Gasteiger partial charge in [-0.15, -0.1) is 0 Å². The van der Waals surface area contributed by atoms with E-state index in [2.05, 4.69) is 15.6 Å². The number of amidine groups is 1. The number of carbonyl (C=O) groups is 2. The molecule has 12 heteroatoms. The van der Waals surface area contributed by atoms with Crippen LogP contribution >= 0.6 is 0 Å². The molecule has 0 aliphatic carbocycles. The Morgan fingerprint density at radius 2 is 1.66 bits per heavy atom. The molecule has 0 saturated heterocycles. The number of hydrogen-bond donors (Lipinski definition) is 6. The van der Waals surface area contributed by atoms with Crippen molar-refractivity contribution in [2.24, 2.45) is 11.7 Å². The van der Waals surface area contributed by atoms with Gasteiger partial charge in [-0.3, -0.25) is 19.7 Å². The summed E-state index contributed by atoms with van der Waals surface area (Å²) in [4.78, 5) is 28.6. The van der Waals surface area contributed by atoms with Crippen molar-refractivity contribution in [2.75, 3.05) is 18.1 Å². The summed E-state index contributed by atoms with van der Waals surface area (Å²) in [5.74, 6) is -1.14. The third-order valence-electron chi connectivity index (χ3n) is 5.06. The monoisotopic (exact) mass is 541 g/mol. The molecule has 7 N–H and O–H groups in total. The number of nitrogens with one attached hydrogen (secondary N) is 3. The molecule has 1 aromatic heterocycles. The minimum absolute atomic E-state index is 0.000467. The highest BCUT2D eigenvalue weighted by Crippen LogP contribution is 2.28. The maximum atomic E-state index is 12.4. The number of pyridine rings is 1. The third-order valence-corrected chi connectivity index (χ3v) is 5.06. The van der Waals surface area contributed by atoms with E-state index >= 15 is 0 Å². The van der Waals surface area contributed by atoms with E-state index in [-0.39, 0.29) is 23.2 Å². The van der Waals surface area contributed by atoms with Gasteiger partial charge in [-0.05, 0) is 59.5 Å². The highest BCUT2D eigenvalue weighted by Gasteiger charge is 2.18. The maximum absolute atomic E-state index is 12.4. The second-order valence-corrected chi connectivity index (χ2v) is 10.2. The van der Waals surface area contributed by atoms with Gasteiger partial charge in [-0.1, -0.05) is 19.9 Å². The van der Waals surface area contributed by atoms with Crippen LogP contribution < -0.4 is 16.4 Å². The number of nitrogens with zero attached hydrogens (tertiary/aromatic N) is 1. The summed E-state index contributed by atoms with van der Waals surface area (Å²) >= 11 is 0. The van der Waals surface area contributed by atoms with Crippen molar-refractivity contribution in [1.29, 1.82) is 5.41 Å². The highest BCUT2D eigenvalue weighted by atomic mass is 32.2. The summed E-state index contributed by atoms with van der Waals surface area (Å²) in [7, 11) is -3.67. The molecule has 0 bridgehead atoms. The number of aromatic nitrogens is 1. The van der Waals surface area contributed by atoms with Crippen molar-refractivity contribution < 1.29 is 27.7 Å². The molecule has 3 aromatic rings. The number of amides is 1. The van der Waals surface area contributed by atoms with E-state index in [1.54, 1.807) is 36.7 Å². The molecule has 0 aliphatic heterocycles. The molecule has 0 aliphatic rings. The first-order chi connectivity index (χ1) is 17.8. The van der Waals surface area contributed by atoms with Crippen LogP contribution in [0.15, 0.2) is 60.9 Å². The molecule has 38 heavy (non-hydrogen) atoms. The average Bonchev–Trinajstić information content (AvgIpc) is 2.85. The molecule has 1 amide bonds. The number of nitrogen functional groups attached to an aromatic ring is 1. The molecule has 2 aromatic carbocycles. The summed E-state index contributed by atoms with van der Waals surface area (Å²) in [6, 6.07) is 13.7. The number of nitrogens with two attached hydrogens (primary N) is 1. The lowest BCUT2D eigenvalue weighted by Gasteiger charge is -2.15. The van der Waals surface area contributed by atoms with Gasteiger partial charge in [0.25, 0.3) is 16.0 Å². The summed E-state index contributed by atoms with van der Waals surface area (Å²) < 4.78 is 25.9. The second-order valence-electron chi connectivity index (χ2n) is 8.78. The van der Waals surface area contributed by atoms with E-state index in [1.165, 1.54) is 6.07 Å². The van der Waals surface area contributed by atoms with Gasteiger partial charge in [-0.25, -0.2) is 4.79 Å². The summed E-state index contributed by atoms with van der Waals surface area (Å²) in [6.07, 6.45) is 3.98. The Labute approximate surface area is 221 Å². The number of benzene rings is 2. The predicted molar refractivity (Wildman–Crippen MR) is 146 cm³/mol. The zero-order valence-corrected chi connectivity index (χ0v) is 22.0. The molecule has 0 fully saturated rings. The van der Waals surface area contributed by atoms with E-state index < -0.39 is 16.1 Å². The van der Waals surface area contributed by atoms with Gasteiger partial charge in [0.2, 0.25) is 0 Å². The van der Waals surface area contributed by atoms with Gasteiger partial charge in [-0.2, -0.15) is 8.42 Å². The van der Waals surface area contributed by atoms with Crippen molar-refractivity contribution >= 4 is 33.5 Å². The van der Waals surface area contributed by atoms with E-state index in [1.807, 2.05) is 32.0 Å². The number of hydrogen-bond acceptors (Lipinski definition) is 7. The Morgan fingerprint density at radius 3 is 2.21 bits per heavy atom. The topological polar surface area (TPSA) is 196 Å². The summed E-state index contributed by atoms with van der Waals surface area (Å²) in [6.45, 7) is 4.91. The lowest BCUT2D eigenvalue weighted by atomic mass is 9.95. The number of carboxylic acids is 1. The van der Waals surface area contributed by atoms with Gasteiger partial charge < -0.3 is 21.5 Å². The number of rotatable bonds is 9. The third kappa shape index (κ3) is 9.64. The predicted octanol–water partition coefficient (Wildman–Crippen LogP) is 3.23. The number of carbonyl (C=O) groups excluding carboxylic acids is 1. The molecular weight excluding hydrogens is 510 g/mol. The van der Waals surface area contributed by atoms with Crippen LogP contribution in [0.25, 0.3) is 11.1 Å². The Hall–Kier alpha value is -4.29. The van der Waals surface area contributed by atoms with Crippen molar-refractivity contribution in [3.05, 3.63) is 83.2 Å². The first-order valence-corrected chi connectivity index (χ1v) is 13.3. The minimum Gasteiger partial charge on any atom is -0.478 e.